The molecule has 1 fully saturated rings. The Labute approximate surface area is 74.5 Å². The minimum absolute atomic E-state index is 0.400. The maximum Gasteiger partial charge on any atom is 0.0351 e. The van der Waals surface area contributed by atoms with Gasteiger partial charge in [-0.1, -0.05) is 13.8 Å². The van der Waals surface area contributed by atoms with Gasteiger partial charge in [-0.05, 0) is 31.7 Å². The van der Waals surface area contributed by atoms with Gasteiger partial charge in [0.1, 0.15) is 0 Å². The molecule has 66 valence electrons. The highest BCUT2D eigenvalue weighted by atomic mass is 35.5. The van der Waals surface area contributed by atoms with Crippen LogP contribution < -0.4 is 5.32 Å². The largest absolute Gasteiger partial charge is 0.314 e. The van der Waals surface area contributed by atoms with Crippen LogP contribution in [0.2, 0.25) is 0 Å². The summed E-state index contributed by atoms with van der Waals surface area (Å²) in [5.41, 5.74) is 0. The van der Waals surface area contributed by atoms with Crippen LogP contribution in [0.4, 0.5) is 0 Å². The summed E-state index contributed by atoms with van der Waals surface area (Å²) in [4.78, 5) is 0. The first-order chi connectivity index (χ1) is 5.20. The average Bonchev–Trinajstić information content (AvgIpc) is 2.13. The zero-order valence-corrected chi connectivity index (χ0v) is 8.19. The molecule has 2 heteroatoms. The second kappa shape index (κ2) is 4.32. The molecule has 0 aromatic heterocycles. The summed E-state index contributed by atoms with van der Waals surface area (Å²) >= 11 is 6.12. The fourth-order valence-electron chi connectivity index (χ4n) is 1.60. The van der Waals surface area contributed by atoms with Gasteiger partial charge in [0.25, 0.3) is 0 Å². The van der Waals surface area contributed by atoms with E-state index in [0.717, 1.165) is 13.0 Å². The first kappa shape index (κ1) is 9.34. The molecule has 1 aliphatic heterocycles. The number of halogens is 1. The highest BCUT2D eigenvalue weighted by Crippen LogP contribution is 2.19. The van der Waals surface area contributed by atoms with Gasteiger partial charge in [0.05, 0.1) is 0 Å². The van der Waals surface area contributed by atoms with E-state index < -0.39 is 0 Å². The molecule has 1 aliphatic rings. The van der Waals surface area contributed by atoms with Gasteiger partial charge in [0, 0.05) is 11.4 Å². The first-order valence-electron chi connectivity index (χ1n) is 4.57. The molecule has 0 aliphatic carbocycles. The van der Waals surface area contributed by atoms with Crippen molar-refractivity contribution in [2.45, 2.75) is 44.5 Å². The molecule has 0 bridgehead atoms. The number of rotatable bonds is 1. The third-order valence-corrected chi connectivity index (χ3v) is 2.81. The number of alkyl halides is 1. The summed E-state index contributed by atoms with van der Waals surface area (Å²) in [6.45, 7) is 5.66. The predicted molar refractivity (Wildman–Crippen MR) is 50.1 cm³/mol. The summed E-state index contributed by atoms with van der Waals surface area (Å²) in [6, 6.07) is 0.639. The zero-order chi connectivity index (χ0) is 8.27. The smallest absolute Gasteiger partial charge is 0.0351 e. The molecule has 0 spiro atoms. The van der Waals surface area contributed by atoms with E-state index in [2.05, 4.69) is 19.2 Å². The van der Waals surface area contributed by atoms with E-state index >= 15 is 0 Å². The molecule has 2 atom stereocenters. The molecule has 1 rings (SSSR count). The van der Waals surface area contributed by atoms with Crippen LogP contribution in [0.3, 0.4) is 0 Å². The molecule has 0 saturated carbocycles. The Morgan fingerprint density at radius 2 is 2.18 bits per heavy atom. The lowest BCUT2D eigenvalue weighted by Crippen LogP contribution is -2.33. The number of nitrogens with one attached hydrogen (secondary N) is 1. The molecule has 0 aromatic rings. The Hall–Kier alpha value is 0.250. The Bertz CT molecular complexity index is 114. The van der Waals surface area contributed by atoms with Crippen molar-refractivity contribution in [3.8, 4) is 0 Å². The lowest BCUT2D eigenvalue weighted by molar-refractivity contribution is 0.396. The average molecular weight is 176 g/mol. The third-order valence-electron chi connectivity index (χ3n) is 2.42. The van der Waals surface area contributed by atoms with Gasteiger partial charge in [-0.2, -0.15) is 0 Å². The van der Waals surface area contributed by atoms with Crippen molar-refractivity contribution < 1.29 is 0 Å². The van der Waals surface area contributed by atoms with Crippen molar-refractivity contribution in [1.82, 2.24) is 5.32 Å². The fourth-order valence-corrected chi connectivity index (χ4v) is 1.94. The molecular formula is C9H18ClN. The molecule has 0 amide bonds. The van der Waals surface area contributed by atoms with Crippen LogP contribution in [-0.2, 0) is 0 Å². The van der Waals surface area contributed by atoms with Gasteiger partial charge in [-0.3, -0.25) is 0 Å². The van der Waals surface area contributed by atoms with E-state index in [1.807, 2.05) is 0 Å². The van der Waals surface area contributed by atoms with Crippen LogP contribution >= 0.6 is 11.6 Å². The van der Waals surface area contributed by atoms with Gasteiger partial charge in [-0.25, -0.2) is 0 Å². The lowest BCUT2D eigenvalue weighted by atomic mass is 9.99. The van der Waals surface area contributed by atoms with Crippen molar-refractivity contribution in [3.63, 3.8) is 0 Å². The van der Waals surface area contributed by atoms with Crippen molar-refractivity contribution >= 4 is 11.6 Å². The van der Waals surface area contributed by atoms with Crippen LogP contribution in [0.5, 0.6) is 0 Å². The van der Waals surface area contributed by atoms with Crippen molar-refractivity contribution in [2.24, 2.45) is 5.92 Å². The summed E-state index contributed by atoms with van der Waals surface area (Å²) in [5, 5.41) is 3.93. The molecule has 0 radical (unpaired) electrons. The quantitative estimate of drug-likeness (QED) is 0.604. The Kier molecular flexibility index (Phi) is 3.67. The van der Waals surface area contributed by atoms with E-state index in [0.29, 0.717) is 17.3 Å². The molecule has 1 heterocycles. The van der Waals surface area contributed by atoms with Crippen molar-refractivity contribution in [3.05, 3.63) is 0 Å². The third kappa shape index (κ3) is 3.00. The van der Waals surface area contributed by atoms with Crippen molar-refractivity contribution in [1.29, 1.82) is 0 Å². The first-order valence-corrected chi connectivity index (χ1v) is 5.01. The van der Waals surface area contributed by atoms with E-state index in [1.54, 1.807) is 0 Å². The SMILES string of the molecule is CC(C)C1CC(Cl)CCCN1. The normalized spacial score (nSPS) is 33.8. The van der Waals surface area contributed by atoms with Crippen LogP contribution in [0.15, 0.2) is 0 Å². The molecule has 1 N–H and O–H groups in total. The standard InChI is InChI=1S/C9H18ClN/c1-7(2)9-6-8(10)4-3-5-11-9/h7-9,11H,3-6H2,1-2H3. The summed E-state index contributed by atoms with van der Waals surface area (Å²) in [7, 11) is 0. The number of hydrogen-bond acceptors (Lipinski definition) is 1. The molecule has 1 nitrogen and oxygen atoms in total. The summed E-state index contributed by atoms with van der Waals surface area (Å²) in [6.07, 6.45) is 3.55. The monoisotopic (exact) mass is 175 g/mol. The van der Waals surface area contributed by atoms with E-state index in [1.165, 1.54) is 12.8 Å². The molecule has 2 unspecified atom stereocenters. The highest BCUT2D eigenvalue weighted by molar-refractivity contribution is 6.20. The second-order valence-electron chi connectivity index (χ2n) is 3.78. The fraction of sp³-hybridized carbons (Fsp3) is 1.00. The van der Waals surface area contributed by atoms with Gasteiger partial charge >= 0.3 is 0 Å². The van der Waals surface area contributed by atoms with E-state index in [-0.39, 0.29) is 0 Å². The predicted octanol–water partition coefficient (Wildman–Crippen LogP) is 2.39. The minimum atomic E-state index is 0.400. The van der Waals surface area contributed by atoms with Crippen molar-refractivity contribution in [2.75, 3.05) is 6.54 Å². The maximum absolute atomic E-state index is 6.12. The zero-order valence-electron chi connectivity index (χ0n) is 7.44. The van der Waals surface area contributed by atoms with Gasteiger partial charge in [0.15, 0.2) is 0 Å². The van der Waals surface area contributed by atoms with Gasteiger partial charge < -0.3 is 5.32 Å². The summed E-state index contributed by atoms with van der Waals surface area (Å²) in [5.74, 6) is 0.717. The Morgan fingerprint density at radius 1 is 1.45 bits per heavy atom. The van der Waals surface area contributed by atoms with Gasteiger partial charge in [-0.15, -0.1) is 11.6 Å². The molecule has 1 saturated heterocycles. The Morgan fingerprint density at radius 3 is 2.82 bits per heavy atom. The topological polar surface area (TPSA) is 12.0 Å². The minimum Gasteiger partial charge on any atom is -0.314 e. The van der Waals surface area contributed by atoms with Crippen LogP contribution in [0.1, 0.15) is 33.1 Å². The molecule has 0 aromatic carbocycles. The lowest BCUT2D eigenvalue weighted by Gasteiger charge is -2.20. The number of hydrogen-bond donors (Lipinski definition) is 1. The Balaban J connectivity index is 2.39. The van der Waals surface area contributed by atoms with Crippen LogP contribution in [-0.4, -0.2) is 18.0 Å². The van der Waals surface area contributed by atoms with Crippen LogP contribution in [0.25, 0.3) is 0 Å². The summed E-state index contributed by atoms with van der Waals surface area (Å²) < 4.78 is 0. The van der Waals surface area contributed by atoms with E-state index in [9.17, 15) is 0 Å². The van der Waals surface area contributed by atoms with Gasteiger partial charge in [0.2, 0.25) is 0 Å². The van der Waals surface area contributed by atoms with E-state index in [4.69, 9.17) is 11.6 Å². The molecular weight excluding hydrogens is 158 g/mol. The van der Waals surface area contributed by atoms with Crippen LogP contribution in [0, 0.1) is 5.92 Å². The maximum atomic E-state index is 6.12. The highest BCUT2D eigenvalue weighted by Gasteiger charge is 2.19. The second-order valence-corrected chi connectivity index (χ2v) is 4.40. The molecule has 11 heavy (non-hydrogen) atoms.